The molecule has 2 nitrogen and oxygen atoms in total. The molecule has 0 heterocycles. The summed E-state index contributed by atoms with van der Waals surface area (Å²) in [5, 5.41) is 0. The minimum Gasteiger partial charge on any atom is -0.414 e. The number of rotatable bonds is 3. The van der Waals surface area contributed by atoms with E-state index >= 15 is 0 Å². The number of benzene rings is 1. The molecule has 0 aliphatic carbocycles. The van der Waals surface area contributed by atoms with Crippen molar-refractivity contribution in [1.29, 1.82) is 0 Å². The van der Waals surface area contributed by atoms with Crippen molar-refractivity contribution in [3.05, 3.63) is 35.9 Å². The molecule has 16 heavy (non-hydrogen) atoms. The van der Waals surface area contributed by atoms with E-state index in [9.17, 15) is 4.79 Å². The van der Waals surface area contributed by atoms with Gasteiger partial charge in [0.25, 0.3) is 0 Å². The molecule has 1 unspecified atom stereocenters. The van der Waals surface area contributed by atoms with Crippen molar-refractivity contribution in [2.45, 2.75) is 23.2 Å². The number of alkyl halides is 3. The molecule has 0 saturated carbocycles. The second-order valence-corrected chi connectivity index (χ2v) is 5.42. The highest BCUT2D eigenvalue weighted by Crippen LogP contribution is 2.31. The van der Waals surface area contributed by atoms with Gasteiger partial charge in [-0.15, -0.1) is 0 Å². The summed E-state index contributed by atoms with van der Waals surface area (Å²) in [6.45, 7) is 1.87. The fraction of sp³-hybridized carbons (Fsp3) is 0.364. The molecule has 1 aromatic carbocycles. The Morgan fingerprint density at radius 3 is 2.31 bits per heavy atom. The van der Waals surface area contributed by atoms with Crippen LogP contribution in [0.4, 0.5) is 0 Å². The summed E-state index contributed by atoms with van der Waals surface area (Å²) in [6, 6.07) is 9.25. The van der Waals surface area contributed by atoms with E-state index < -0.39 is 15.9 Å². The predicted octanol–water partition coefficient (Wildman–Crippen LogP) is 4.05. The molecule has 1 aromatic rings. The van der Waals surface area contributed by atoms with E-state index in [-0.39, 0.29) is 0 Å². The third-order valence-electron chi connectivity index (χ3n) is 2.11. The van der Waals surface area contributed by atoms with Gasteiger partial charge in [0.2, 0.25) is 0 Å². The van der Waals surface area contributed by atoms with Crippen LogP contribution in [0.1, 0.15) is 24.8 Å². The quantitative estimate of drug-likeness (QED) is 0.617. The zero-order valence-electron chi connectivity index (χ0n) is 8.62. The van der Waals surface area contributed by atoms with Crippen molar-refractivity contribution in [1.82, 2.24) is 0 Å². The Morgan fingerprint density at radius 2 is 1.88 bits per heavy atom. The van der Waals surface area contributed by atoms with Crippen molar-refractivity contribution in [3.8, 4) is 0 Å². The van der Waals surface area contributed by atoms with Gasteiger partial charge in [0.1, 0.15) is 0 Å². The third-order valence-corrected chi connectivity index (χ3v) is 2.34. The summed E-state index contributed by atoms with van der Waals surface area (Å²) in [5.41, 5.74) is 0.851. The summed E-state index contributed by atoms with van der Waals surface area (Å²) >= 11 is 16.2. The Morgan fingerprint density at radius 1 is 1.31 bits per heavy atom. The lowest BCUT2D eigenvalue weighted by Gasteiger charge is -2.18. The van der Waals surface area contributed by atoms with E-state index in [1.54, 1.807) is 0 Å². The minimum absolute atomic E-state index is 0.406. The normalized spacial score (nSPS) is 13.2. The Bertz CT molecular complexity index is 346. The van der Waals surface area contributed by atoms with Gasteiger partial charge in [-0.3, -0.25) is 4.79 Å². The molecular weight excluding hydrogens is 270 g/mol. The number of hydrogen-bond acceptors (Lipinski definition) is 2. The van der Waals surface area contributed by atoms with Crippen molar-refractivity contribution in [2.75, 3.05) is 0 Å². The number of halogens is 3. The molecule has 0 saturated heterocycles. The largest absolute Gasteiger partial charge is 0.414 e. The maximum atomic E-state index is 11.7. The van der Waals surface area contributed by atoms with Crippen LogP contribution < -0.4 is 0 Å². The summed E-state index contributed by atoms with van der Waals surface area (Å²) in [5.74, 6) is -0.939. The minimum atomic E-state index is -2.00. The fourth-order valence-electron chi connectivity index (χ4n) is 1.41. The van der Waals surface area contributed by atoms with Crippen molar-refractivity contribution in [2.24, 2.45) is 0 Å². The SMILES string of the molecule is CCC(C(=O)OC(Cl)(Cl)Cl)c1ccccc1. The zero-order valence-corrected chi connectivity index (χ0v) is 10.9. The molecule has 0 bridgehead atoms. The van der Waals surface area contributed by atoms with Gasteiger partial charge < -0.3 is 4.74 Å². The highest BCUT2D eigenvalue weighted by atomic mass is 35.6. The second-order valence-electron chi connectivity index (χ2n) is 3.24. The molecule has 88 valence electrons. The van der Waals surface area contributed by atoms with Gasteiger partial charge in [0, 0.05) is 0 Å². The van der Waals surface area contributed by atoms with Crippen LogP contribution in [0.2, 0.25) is 0 Å². The van der Waals surface area contributed by atoms with E-state index in [4.69, 9.17) is 39.5 Å². The monoisotopic (exact) mass is 280 g/mol. The first kappa shape index (κ1) is 13.6. The van der Waals surface area contributed by atoms with Crippen LogP contribution in [0.5, 0.6) is 0 Å². The number of esters is 1. The van der Waals surface area contributed by atoms with Gasteiger partial charge in [-0.1, -0.05) is 37.3 Å². The zero-order chi connectivity index (χ0) is 12.2. The molecule has 0 spiro atoms. The van der Waals surface area contributed by atoms with Crippen LogP contribution in [-0.4, -0.2) is 9.95 Å². The van der Waals surface area contributed by atoms with Gasteiger partial charge in [0.05, 0.1) is 5.92 Å². The van der Waals surface area contributed by atoms with Crippen LogP contribution in [0.25, 0.3) is 0 Å². The van der Waals surface area contributed by atoms with E-state index in [1.807, 2.05) is 37.3 Å². The van der Waals surface area contributed by atoms with Crippen molar-refractivity contribution in [3.63, 3.8) is 0 Å². The van der Waals surface area contributed by atoms with E-state index in [0.717, 1.165) is 5.56 Å². The first-order chi connectivity index (χ1) is 7.44. The highest BCUT2D eigenvalue weighted by Gasteiger charge is 2.30. The number of hydrogen-bond donors (Lipinski definition) is 0. The standard InChI is InChI=1S/C11H11Cl3O2/c1-2-9(8-6-4-3-5-7-8)10(15)16-11(12,13)14/h3-7,9H,2H2,1H3. The number of ether oxygens (including phenoxy) is 1. The number of carbonyl (C=O) groups excluding carboxylic acids is 1. The molecule has 0 aromatic heterocycles. The fourth-order valence-corrected chi connectivity index (χ4v) is 1.64. The molecule has 0 aliphatic heterocycles. The van der Waals surface area contributed by atoms with E-state index in [0.29, 0.717) is 6.42 Å². The summed E-state index contributed by atoms with van der Waals surface area (Å²) < 4.78 is 2.70. The lowest BCUT2D eigenvalue weighted by molar-refractivity contribution is -0.146. The molecule has 0 fully saturated rings. The van der Waals surface area contributed by atoms with Crippen LogP contribution >= 0.6 is 34.8 Å². The molecule has 1 atom stereocenters. The maximum absolute atomic E-state index is 11.7. The smallest absolute Gasteiger partial charge is 0.340 e. The topological polar surface area (TPSA) is 26.3 Å². The first-order valence-electron chi connectivity index (χ1n) is 4.78. The Hall–Kier alpha value is -0.440. The van der Waals surface area contributed by atoms with Gasteiger partial charge in [-0.05, 0) is 46.8 Å². The van der Waals surface area contributed by atoms with Crippen molar-refractivity contribution >= 4 is 40.8 Å². The Labute approximate surface area is 109 Å². The van der Waals surface area contributed by atoms with E-state index in [2.05, 4.69) is 0 Å². The second kappa shape index (κ2) is 5.76. The van der Waals surface area contributed by atoms with Crippen molar-refractivity contribution < 1.29 is 9.53 Å². The maximum Gasteiger partial charge on any atom is 0.340 e. The number of carbonyl (C=O) groups is 1. The Kier molecular flexibility index (Phi) is 4.90. The lowest BCUT2D eigenvalue weighted by Crippen LogP contribution is -2.22. The van der Waals surface area contributed by atoms with Crippen LogP contribution in [-0.2, 0) is 9.53 Å². The molecule has 0 amide bonds. The van der Waals surface area contributed by atoms with Crippen LogP contribution in [0, 0.1) is 0 Å². The third kappa shape index (κ3) is 4.20. The van der Waals surface area contributed by atoms with Gasteiger partial charge in [0.15, 0.2) is 0 Å². The molecular formula is C11H11Cl3O2. The molecule has 1 rings (SSSR count). The summed E-state index contributed by atoms with van der Waals surface area (Å²) in [4.78, 5) is 11.7. The molecule has 5 heteroatoms. The van der Waals surface area contributed by atoms with Gasteiger partial charge >= 0.3 is 9.95 Å². The predicted molar refractivity (Wildman–Crippen MR) is 65.9 cm³/mol. The van der Waals surface area contributed by atoms with Gasteiger partial charge in [-0.25, -0.2) is 0 Å². The molecule has 0 aliphatic rings. The Balaban J connectivity index is 2.80. The lowest BCUT2D eigenvalue weighted by atomic mass is 9.97. The average Bonchev–Trinajstić information content (AvgIpc) is 2.17. The van der Waals surface area contributed by atoms with Crippen LogP contribution in [0.15, 0.2) is 30.3 Å². The highest BCUT2D eigenvalue weighted by molar-refractivity contribution is 6.66. The molecule has 0 radical (unpaired) electrons. The average molecular weight is 282 g/mol. The van der Waals surface area contributed by atoms with Gasteiger partial charge in [-0.2, -0.15) is 0 Å². The molecule has 0 N–H and O–H groups in total. The first-order valence-corrected chi connectivity index (χ1v) is 5.92. The van der Waals surface area contributed by atoms with E-state index in [1.165, 1.54) is 0 Å². The summed E-state index contributed by atoms with van der Waals surface area (Å²) in [6.07, 6.45) is 0.587. The van der Waals surface area contributed by atoms with Crippen LogP contribution in [0.3, 0.4) is 0 Å². The summed E-state index contributed by atoms with van der Waals surface area (Å²) in [7, 11) is 0.